The number of benzene rings is 1. The quantitative estimate of drug-likeness (QED) is 0.928. The molecule has 106 valence electrons. The summed E-state index contributed by atoms with van der Waals surface area (Å²) in [4.78, 5) is 17.8. The highest BCUT2D eigenvalue weighted by molar-refractivity contribution is 5.98. The monoisotopic (exact) mass is 281 g/mol. The van der Waals surface area contributed by atoms with Crippen molar-refractivity contribution in [1.82, 2.24) is 10.3 Å². The average Bonchev–Trinajstić information content (AvgIpc) is 2.84. The molecule has 0 saturated carbocycles. The molecular formula is C16H15N3O2. The molecule has 0 atom stereocenters. The summed E-state index contributed by atoms with van der Waals surface area (Å²) in [5, 5.41) is 2.81. The van der Waals surface area contributed by atoms with Crippen LogP contribution < -0.4 is 15.0 Å². The number of hydrogen-bond acceptors (Lipinski definition) is 4. The Morgan fingerprint density at radius 1 is 1.19 bits per heavy atom. The lowest BCUT2D eigenvalue weighted by atomic mass is 10.1. The van der Waals surface area contributed by atoms with Gasteiger partial charge in [0.25, 0.3) is 5.91 Å². The summed E-state index contributed by atoms with van der Waals surface area (Å²) < 4.78 is 5.97. The zero-order chi connectivity index (χ0) is 14.2. The van der Waals surface area contributed by atoms with Gasteiger partial charge < -0.3 is 15.0 Å². The van der Waals surface area contributed by atoms with Gasteiger partial charge in [0.1, 0.15) is 11.9 Å². The smallest absolute Gasteiger partial charge is 0.251 e. The summed E-state index contributed by atoms with van der Waals surface area (Å²) >= 11 is 0. The third-order valence-corrected chi connectivity index (χ3v) is 3.94. The van der Waals surface area contributed by atoms with Gasteiger partial charge in [0.15, 0.2) is 0 Å². The second-order valence-electron chi connectivity index (χ2n) is 5.35. The van der Waals surface area contributed by atoms with Crippen LogP contribution in [0.5, 0.6) is 5.75 Å². The number of carbonyl (C=O) groups is 1. The molecular weight excluding hydrogens is 266 g/mol. The van der Waals surface area contributed by atoms with Crippen molar-refractivity contribution in [3.8, 4) is 5.75 Å². The number of rotatable bonds is 3. The molecule has 1 saturated heterocycles. The number of anilines is 1. The van der Waals surface area contributed by atoms with Gasteiger partial charge in [-0.05, 0) is 35.9 Å². The maximum Gasteiger partial charge on any atom is 0.251 e. The van der Waals surface area contributed by atoms with Crippen LogP contribution in [0.25, 0.3) is 0 Å². The number of ether oxygens (including phenoxy) is 1. The Balaban J connectivity index is 1.39. The molecule has 1 amide bonds. The number of hydrogen-bond donors (Lipinski definition) is 1. The molecule has 0 spiro atoms. The molecule has 1 aromatic carbocycles. The van der Waals surface area contributed by atoms with Crippen LogP contribution in [0.3, 0.4) is 0 Å². The van der Waals surface area contributed by atoms with Gasteiger partial charge in [-0.3, -0.25) is 9.78 Å². The Morgan fingerprint density at radius 3 is 2.81 bits per heavy atom. The van der Waals surface area contributed by atoms with Crippen molar-refractivity contribution in [2.75, 3.05) is 18.0 Å². The Hall–Kier alpha value is -2.56. The number of amides is 1. The molecule has 0 unspecified atom stereocenters. The van der Waals surface area contributed by atoms with Crippen molar-refractivity contribution in [3.05, 3.63) is 53.9 Å². The standard InChI is InChI=1S/C16H15N3O2/c20-16-15-2-1-13(7-11(15)8-18-16)21-14-9-19(10-14)12-3-5-17-6-4-12/h1-7,14H,8-10H2,(H,18,20). The summed E-state index contributed by atoms with van der Waals surface area (Å²) in [5.41, 5.74) is 2.95. The largest absolute Gasteiger partial charge is 0.487 e. The Bertz CT molecular complexity index is 681. The molecule has 0 radical (unpaired) electrons. The Kier molecular flexibility index (Phi) is 2.77. The van der Waals surface area contributed by atoms with Crippen molar-refractivity contribution in [1.29, 1.82) is 0 Å². The minimum atomic E-state index is 0.00376. The van der Waals surface area contributed by atoms with Crippen LogP contribution in [0, 0.1) is 0 Å². The van der Waals surface area contributed by atoms with Gasteiger partial charge in [0.05, 0.1) is 13.1 Å². The maximum atomic E-state index is 11.5. The highest BCUT2D eigenvalue weighted by Crippen LogP contribution is 2.26. The average molecular weight is 281 g/mol. The SMILES string of the molecule is O=C1NCc2cc(OC3CN(c4ccncc4)C3)ccc21. The van der Waals surface area contributed by atoms with Gasteiger partial charge in [-0.25, -0.2) is 0 Å². The van der Waals surface area contributed by atoms with E-state index in [1.165, 1.54) is 5.69 Å². The summed E-state index contributed by atoms with van der Waals surface area (Å²) in [6, 6.07) is 9.68. The minimum Gasteiger partial charge on any atom is -0.487 e. The van der Waals surface area contributed by atoms with Crippen molar-refractivity contribution < 1.29 is 9.53 Å². The van der Waals surface area contributed by atoms with E-state index < -0.39 is 0 Å². The van der Waals surface area contributed by atoms with Crippen LogP contribution in [0.4, 0.5) is 5.69 Å². The van der Waals surface area contributed by atoms with E-state index in [2.05, 4.69) is 15.2 Å². The third kappa shape index (κ3) is 2.20. The summed E-state index contributed by atoms with van der Waals surface area (Å²) in [5.74, 6) is 0.841. The predicted octanol–water partition coefficient (Wildman–Crippen LogP) is 1.59. The summed E-state index contributed by atoms with van der Waals surface area (Å²) in [7, 11) is 0. The highest BCUT2D eigenvalue weighted by atomic mass is 16.5. The van der Waals surface area contributed by atoms with Crippen molar-refractivity contribution in [3.63, 3.8) is 0 Å². The number of nitrogens with one attached hydrogen (secondary N) is 1. The molecule has 2 aromatic rings. The van der Waals surface area contributed by atoms with Crippen LogP contribution >= 0.6 is 0 Å². The summed E-state index contributed by atoms with van der Waals surface area (Å²) in [6.07, 6.45) is 3.79. The minimum absolute atomic E-state index is 0.00376. The van der Waals surface area contributed by atoms with E-state index in [1.54, 1.807) is 12.4 Å². The normalized spacial score (nSPS) is 17.1. The van der Waals surface area contributed by atoms with E-state index in [9.17, 15) is 4.79 Å². The number of pyridine rings is 1. The molecule has 1 aromatic heterocycles. The highest BCUT2D eigenvalue weighted by Gasteiger charge is 2.29. The Labute approximate surface area is 122 Å². The van der Waals surface area contributed by atoms with Crippen LogP contribution in [0.2, 0.25) is 0 Å². The lowest BCUT2D eigenvalue weighted by Crippen LogP contribution is -2.54. The van der Waals surface area contributed by atoms with E-state index in [0.717, 1.165) is 30.0 Å². The van der Waals surface area contributed by atoms with Gasteiger partial charge in [-0.15, -0.1) is 0 Å². The van der Waals surface area contributed by atoms with Crippen molar-refractivity contribution in [2.45, 2.75) is 12.6 Å². The lowest BCUT2D eigenvalue weighted by Gasteiger charge is -2.40. The van der Waals surface area contributed by atoms with E-state index in [1.807, 2.05) is 30.3 Å². The molecule has 2 aliphatic heterocycles. The van der Waals surface area contributed by atoms with Gasteiger partial charge in [0.2, 0.25) is 0 Å². The third-order valence-electron chi connectivity index (χ3n) is 3.94. The second-order valence-corrected chi connectivity index (χ2v) is 5.35. The fourth-order valence-corrected chi connectivity index (χ4v) is 2.75. The van der Waals surface area contributed by atoms with E-state index >= 15 is 0 Å². The summed E-state index contributed by atoms with van der Waals surface area (Å²) in [6.45, 7) is 2.34. The van der Waals surface area contributed by atoms with Crippen LogP contribution in [0.15, 0.2) is 42.7 Å². The predicted molar refractivity (Wildman–Crippen MR) is 78.5 cm³/mol. The van der Waals surface area contributed by atoms with Gasteiger partial charge in [0, 0.05) is 30.2 Å². The zero-order valence-electron chi connectivity index (χ0n) is 11.5. The lowest BCUT2D eigenvalue weighted by molar-refractivity contribution is 0.0966. The molecule has 3 heterocycles. The molecule has 4 rings (SSSR count). The van der Waals surface area contributed by atoms with Crippen LogP contribution in [-0.2, 0) is 6.54 Å². The van der Waals surface area contributed by atoms with E-state index in [-0.39, 0.29) is 12.0 Å². The number of fused-ring (bicyclic) bond motifs is 1. The molecule has 1 fully saturated rings. The first-order valence-corrected chi connectivity index (χ1v) is 7.02. The van der Waals surface area contributed by atoms with Crippen LogP contribution in [-0.4, -0.2) is 30.1 Å². The van der Waals surface area contributed by atoms with E-state index in [0.29, 0.717) is 6.54 Å². The number of nitrogens with zero attached hydrogens (tertiary/aromatic N) is 2. The van der Waals surface area contributed by atoms with E-state index in [4.69, 9.17) is 4.74 Å². The molecule has 0 aliphatic carbocycles. The van der Waals surface area contributed by atoms with Gasteiger partial charge in [-0.1, -0.05) is 0 Å². The zero-order valence-corrected chi connectivity index (χ0v) is 11.5. The van der Waals surface area contributed by atoms with Gasteiger partial charge in [-0.2, -0.15) is 0 Å². The van der Waals surface area contributed by atoms with Crippen molar-refractivity contribution in [2.24, 2.45) is 0 Å². The Morgan fingerprint density at radius 2 is 2.00 bits per heavy atom. The second kappa shape index (κ2) is 4.77. The fourth-order valence-electron chi connectivity index (χ4n) is 2.75. The molecule has 1 N–H and O–H groups in total. The molecule has 21 heavy (non-hydrogen) atoms. The molecule has 5 heteroatoms. The maximum absolute atomic E-state index is 11.5. The first-order chi connectivity index (χ1) is 10.3. The molecule has 5 nitrogen and oxygen atoms in total. The van der Waals surface area contributed by atoms with Crippen molar-refractivity contribution >= 4 is 11.6 Å². The fraction of sp³-hybridized carbons (Fsp3) is 0.250. The first-order valence-electron chi connectivity index (χ1n) is 7.02. The first kappa shape index (κ1) is 12.2. The topological polar surface area (TPSA) is 54.5 Å². The number of aromatic nitrogens is 1. The molecule has 0 bridgehead atoms. The van der Waals surface area contributed by atoms with Gasteiger partial charge >= 0.3 is 0 Å². The van der Waals surface area contributed by atoms with Crippen LogP contribution in [0.1, 0.15) is 15.9 Å². The molecule has 2 aliphatic rings. The number of carbonyl (C=O) groups excluding carboxylic acids is 1.